The fourth-order valence-corrected chi connectivity index (χ4v) is 5.36. The summed E-state index contributed by atoms with van der Waals surface area (Å²) in [7, 11) is 0. The van der Waals surface area contributed by atoms with Crippen LogP contribution >= 0.6 is 0 Å². The molecule has 4 aliphatic rings. The molecule has 0 amide bonds. The maximum absolute atomic E-state index is 4.61. The van der Waals surface area contributed by atoms with Gasteiger partial charge in [0.25, 0.3) is 0 Å². The minimum Gasteiger partial charge on any atom is -0.305 e. The Hall–Kier alpha value is -0.890. The van der Waals surface area contributed by atoms with Crippen molar-refractivity contribution in [3.63, 3.8) is 0 Å². The van der Waals surface area contributed by atoms with Gasteiger partial charge in [0.15, 0.2) is 0 Å². The van der Waals surface area contributed by atoms with Crippen LogP contribution in [-0.4, -0.2) is 11.0 Å². The predicted octanol–water partition coefficient (Wildman–Crippen LogP) is 2.70. The molecule has 2 heteroatoms. The first-order valence-corrected chi connectivity index (χ1v) is 7.61. The van der Waals surface area contributed by atoms with Crippen molar-refractivity contribution in [2.24, 2.45) is 23.7 Å². The van der Waals surface area contributed by atoms with E-state index in [9.17, 15) is 0 Å². The van der Waals surface area contributed by atoms with Crippen LogP contribution in [0.1, 0.15) is 43.0 Å². The van der Waals surface area contributed by atoms with E-state index in [1.807, 2.05) is 6.20 Å². The first-order chi connectivity index (χ1) is 8.92. The van der Waals surface area contributed by atoms with Crippen LogP contribution in [0.4, 0.5) is 0 Å². The van der Waals surface area contributed by atoms with Crippen molar-refractivity contribution in [3.05, 3.63) is 29.6 Å². The Kier molecular flexibility index (Phi) is 1.86. The molecular weight excluding hydrogens is 220 g/mol. The number of nitrogens with one attached hydrogen (secondary N) is 1. The van der Waals surface area contributed by atoms with E-state index in [0.717, 1.165) is 29.7 Å². The highest BCUT2D eigenvalue weighted by molar-refractivity contribution is 5.29. The van der Waals surface area contributed by atoms with Crippen LogP contribution in [0.3, 0.4) is 0 Å². The number of hydrogen-bond acceptors (Lipinski definition) is 2. The van der Waals surface area contributed by atoms with Crippen molar-refractivity contribution in [3.8, 4) is 0 Å². The van der Waals surface area contributed by atoms with E-state index in [2.05, 4.69) is 22.4 Å². The van der Waals surface area contributed by atoms with Crippen molar-refractivity contribution in [2.45, 2.75) is 44.2 Å². The lowest BCUT2D eigenvalue weighted by Crippen LogP contribution is -2.27. The molecule has 0 aliphatic heterocycles. The number of nitrogens with zero attached hydrogens (tertiary/aromatic N) is 1. The molecular formula is C16H20N2. The van der Waals surface area contributed by atoms with E-state index in [-0.39, 0.29) is 0 Å². The molecule has 2 bridgehead atoms. The molecule has 1 heterocycles. The number of pyridine rings is 1. The Balaban J connectivity index is 1.35. The van der Waals surface area contributed by atoms with Crippen molar-refractivity contribution in [2.75, 3.05) is 0 Å². The summed E-state index contributed by atoms with van der Waals surface area (Å²) >= 11 is 0. The van der Waals surface area contributed by atoms with E-state index >= 15 is 0 Å². The molecule has 18 heavy (non-hydrogen) atoms. The summed E-state index contributed by atoms with van der Waals surface area (Å²) in [5, 5.41) is 3.95. The second-order valence-electron chi connectivity index (χ2n) is 6.82. The quantitative estimate of drug-likeness (QED) is 0.859. The van der Waals surface area contributed by atoms with Crippen LogP contribution in [-0.2, 0) is 6.42 Å². The van der Waals surface area contributed by atoms with Crippen molar-refractivity contribution in [1.29, 1.82) is 0 Å². The van der Waals surface area contributed by atoms with Crippen LogP contribution in [0.15, 0.2) is 18.3 Å². The summed E-state index contributed by atoms with van der Waals surface area (Å²) in [6, 6.07) is 5.72. The van der Waals surface area contributed by atoms with E-state index in [0.29, 0.717) is 6.04 Å². The molecule has 3 saturated carbocycles. The molecule has 0 spiro atoms. The zero-order valence-corrected chi connectivity index (χ0v) is 10.7. The van der Waals surface area contributed by atoms with Gasteiger partial charge in [-0.25, -0.2) is 0 Å². The lowest BCUT2D eigenvalue weighted by Gasteiger charge is -2.16. The zero-order valence-electron chi connectivity index (χ0n) is 10.7. The average molecular weight is 240 g/mol. The Morgan fingerprint density at radius 3 is 2.78 bits per heavy atom. The highest BCUT2D eigenvalue weighted by Crippen LogP contribution is 2.66. The zero-order chi connectivity index (χ0) is 11.7. The maximum Gasteiger partial charge on any atom is 0.0605 e. The highest BCUT2D eigenvalue weighted by Gasteiger charge is 2.65. The molecule has 3 fully saturated rings. The molecule has 94 valence electrons. The molecule has 1 N–H and O–H groups in total. The number of aromatic nitrogens is 1. The lowest BCUT2D eigenvalue weighted by molar-refractivity contribution is 0.417. The summed E-state index contributed by atoms with van der Waals surface area (Å²) in [4.78, 5) is 4.61. The molecule has 1 aromatic rings. The standard InChI is InChI=1S/C16H20N2/c1-2-9-5-6-12(15(9)17-7-1)18-16-13-10-3-4-11(8-10)14(13)16/h1-2,7,10-14,16,18H,3-6,8H2. The van der Waals surface area contributed by atoms with Gasteiger partial charge in [-0.3, -0.25) is 4.98 Å². The maximum atomic E-state index is 4.61. The van der Waals surface area contributed by atoms with Gasteiger partial charge in [0.1, 0.15) is 0 Å². The van der Waals surface area contributed by atoms with Gasteiger partial charge >= 0.3 is 0 Å². The molecule has 0 aromatic carbocycles. The molecule has 4 aliphatic carbocycles. The van der Waals surface area contributed by atoms with Crippen LogP contribution in [0.2, 0.25) is 0 Å². The number of fused-ring (bicyclic) bond motifs is 6. The largest absolute Gasteiger partial charge is 0.305 e. The topological polar surface area (TPSA) is 24.9 Å². The van der Waals surface area contributed by atoms with Gasteiger partial charge in [-0.05, 0) is 67.4 Å². The monoisotopic (exact) mass is 240 g/mol. The Labute approximate surface area is 108 Å². The minimum absolute atomic E-state index is 0.552. The van der Waals surface area contributed by atoms with E-state index in [4.69, 9.17) is 0 Å². The minimum atomic E-state index is 0.552. The Morgan fingerprint density at radius 2 is 1.94 bits per heavy atom. The predicted molar refractivity (Wildman–Crippen MR) is 70.0 cm³/mol. The van der Waals surface area contributed by atoms with Gasteiger partial charge < -0.3 is 5.32 Å². The first kappa shape index (κ1) is 9.96. The van der Waals surface area contributed by atoms with Gasteiger partial charge in [-0.15, -0.1) is 0 Å². The molecule has 5 rings (SSSR count). The average Bonchev–Trinajstić information content (AvgIpc) is 2.79. The first-order valence-electron chi connectivity index (χ1n) is 7.61. The second kappa shape index (κ2) is 3.36. The lowest BCUT2D eigenvalue weighted by atomic mass is 10.0. The van der Waals surface area contributed by atoms with Crippen LogP contribution < -0.4 is 5.32 Å². The summed E-state index contributed by atoms with van der Waals surface area (Å²) in [5.41, 5.74) is 2.82. The highest BCUT2D eigenvalue weighted by atomic mass is 15.1. The summed E-state index contributed by atoms with van der Waals surface area (Å²) in [6.45, 7) is 0. The molecule has 2 nitrogen and oxygen atoms in total. The SMILES string of the molecule is c1cnc2c(c1)CCC2NC1C2C3CCC(C3)C12. The van der Waals surface area contributed by atoms with E-state index in [1.165, 1.54) is 36.9 Å². The molecule has 5 unspecified atom stereocenters. The van der Waals surface area contributed by atoms with Crippen molar-refractivity contribution >= 4 is 0 Å². The van der Waals surface area contributed by atoms with Gasteiger partial charge in [-0.2, -0.15) is 0 Å². The van der Waals surface area contributed by atoms with Crippen molar-refractivity contribution in [1.82, 2.24) is 10.3 Å². The van der Waals surface area contributed by atoms with E-state index in [1.54, 1.807) is 6.42 Å². The summed E-state index contributed by atoms with van der Waals surface area (Å²) in [5.74, 6) is 4.22. The van der Waals surface area contributed by atoms with E-state index < -0.39 is 0 Å². The van der Waals surface area contributed by atoms with Crippen LogP contribution in [0.5, 0.6) is 0 Å². The normalized spacial score (nSPS) is 47.1. The van der Waals surface area contributed by atoms with Gasteiger partial charge in [0.05, 0.1) is 11.7 Å². The van der Waals surface area contributed by atoms with Gasteiger partial charge in [0, 0.05) is 12.2 Å². The van der Waals surface area contributed by atoms with Gasteiger partial charge in [0.2, 0.25) is 0 Å². The van der Waals surface area contributed by atoms with Crippen LogP contribution in [0.25, 0.3) is 0 Å². The molecule has 0 radical (unpaired) electrons. The number of rotatable bonds is 2. The van der Waals surface area contributed by atoms with Crippen LogP contribution in [0, 0.1) is 23.7 Å². The van der Waals surface area contributed by atoms with Gasteiger partial charge in [-0.1, -0.05) is 6.07 Å². The number of aryl methyl sites for hydroxylation is 1. The smallest absolute Gasteiger partial charge is 0.0605 e. The fourth-order valence-electron chi connectivity index (χ4n) is 5.36. The van der Waals surface area contributed by atoms with Crippen molar-refractivity contribution < 1.29 is 0 Å². The molecule has 5 atom stereocenters. The summed E-state index contributed by atoms with van der Waals surface area (Å²) < 4.78 is 0. The third-order valence-electron chi connectivity index (χ3n) is 6.09. The Morgan fingerprint density at radius 1 is 1.11 bits per heavy atom. The number of hydrogen-bond donors (Lipinski definition) is 1. The Bertz CT molecular complexity index is 482. The molecule has 1 aromatic heterocycles. The molecule has 0 saturated heterocycles. The third kappa shape index (κ3) is 1.20. The fraction of sp³-hybridized carbons (Fsp3) is 0.688. The summed E-state index contributed by atoms with van der Waals surface area (Å²) in [6.07, 6.45) is 9.02. The third-order valence-corrected chi connectivity index (χ3v) is 6.09. The second-order valence-corrected chi connectivity index (χ2v) is 6.82.